The summed E-state index contributed by atoms with van der Waals surface area (Å²) < 4.78 is 5.69. The van der Waals surface area contributed by atoms with Gasteiger partial charge in [0.2, 0.25) is 5.91 Å². The Hall–Kier alpha value is -3.35. The number of carbonyl (C=O) groups is 3. The maximum Gasteiger partial charge on any atom is 0.407 e. The highest BCUT2D eigenvalue weighted by Gasteiger charge is 2.42. The molecule has 2 N–H and O–H groups in total. The van der Waals surface area contributed by atoms with E-state index in [1.54, 1.807) is 11.8 Å². The van der Waals surface area contributed by atoms with Gasteiger partial charge >= 0.3 is 12.1 Å². The van der Waals surface area contributed by atoms with Crippen molar-refractivity contribution in [1.29, 1.82) is 0 Å². The molecule has 0 aromatic heterocycles. The summed E-state index contributed by atoms with van der Waals surface area (Å²) in [5.41, 5.74) is 3.91. The maximum atomic E-state index is 13.2. The van der Waals surface area contributed by atoms with Gasteiger partial charge in [0.25, 0.3) is 0 Å². The van der Waals surface area contributed by atoms with Gasteiger partial charge in [0, 0.05) is 25.0 Å². The van der Waals surface area contributed by atoms with E-state index < -0.39 is 17.5 Å². The lowest BCUT2D eigenvalue weighted by Crippen LogP contribution is -2.50. The molecule has 2 atom stereocenters. The van der Waals surface area contributed by atoms with Gasteiger partial charge in [-0.1, -0.05) is 55.0 Å². The highest BCUT2D eigenvalue weighted by molar-refractivity contribution is 5.82. The number of nitrogens with zero attached hydrogens (tertiary/aromatic N) is 1. The molecule has 2 aromatic carbocycles. The number of fused-ring (bicyclic) bond motifs is 3. The molecule has 0 bridgehead atoms. The molecule has 5 rings (SSSR count). The van der Waals surface area contributed by atoms with E-state index in [4.69, 9.17) is 4.74 Å². The normalized spacial score (nSPS) is 22.8. The van der Waals surface area contributed by atoms with Crippen LogP contribution >= 0.6 is 0 Å². The zero-order valence-corrected chi connectivity index (χ0v) is 20.0. The molecule has 0 unspecified atom stereocenters. The van der Waals surface area contributed by atoms with Crippen LogP contribution in [0.4, 0.5) is 4.79 Å². The largest absolute Gasteiger partial charge is 0.481 e. The van der Waals surface area contributed by atoms with Crippen LogP contribution in [0, 0.1) is 11.3 Å². The molecule has 184 valence electrons. The molecule has 1 saturated carbocycles. The molecule has 2 fully saturated rings. The van der Waals surface area contributed by atoms with Crippen molar-refractivity contribution in [2.24, 2.45) is 11.3 Å². The number of carboxylic acid groups (broad SMARTS) is 1. The van der Waals surface area contributed by atoms with Gasteiger partial charge in [-0.25, -0.2) is 4.79 Å². The second-order valence-electron chi connectivity index (χ2n) is 10.3. The van der Waals surface area contributed by atoms with Crippen molar-refractivity contribution in [1.82, 2.24) is 10.2 Å². The Labute approximate surface area is 205 Å². The first-order valence-electron chi connectivity index (χ1n) is 12.5. The first-order chi connectivity index (χ1) is 16.9. The summed E-state index contributed by atoms with van der Waals surface area (Å²) in [7, 11) is 0. The van der Waals surface area contributed by atoms with Gasteiger partial charge in [0.15, 0.2) is 0 Å². The van der Waals surface area contributed by atoms with Crippen LogP contribution in [-0.4, -0.2) is 53.7 Å². The van der Waals surface area contributed by atoms with Crippen molar-refractivity contribution in [3.8, 4) is 11.1 Å². The van der Waals surface area contributed by atoms with Crippen molar-refractivity contribution < 1.29 is 24.2 Å². The van der Waals surface area contributed by atoms with Gasteiger partial charge in [0.1, 0.15) is 6.61 Å². The maximum absolute atomic E-state index is 13.2. The minimum absolute atomic E-state index is 0.00828. The number of rotatable bonds is 5. The molecule has 2 amide bonds. The number of nitrogens with one attached hydrogen (secondary N) is 1. The molecular formula is C28H32N2O5. The van der Waals surface area contributed by atoms with Crippen LogP contribution in [0.5, 0.6) is 0 Å². The number of hydrogen-bond donors (Lipinski definition) is 2. The van der Waals surface area contributed by atoms with Crippen molar-refractivity contribution in [3.05, 3.63) is 59.7 Å². The molecule has 0 radical (unpaired) electrons. The van der Waals surface area contributed by atoms with E-state index >= 15 is 0 Å². The van der Waals surface area contributed by atoms with E-state index in [-0.39, 0.29) is 30.4 Å². The predicted molar refractivity (Wildman–Crippen MR) is 131 cm³/mol. The SMILES string of the molecule is CC1(C(=O)O)CCN(C(=O)[C@H]2CCC[C@H]2NC(=O)OCC2c3ccccc3-c3ccccc32)CC1. The highest BCUT2D eigenvalue weighted by Crippen LogP contribution is 2.44. The van der Waals surface area contributed by atoms with Crippen LogP contribution in [0.15, 0.2) is 48.5 Å². The van der Waals surface area contributed by atoms with Gasteiger partial charge in [0.05, 0.1) is 11.3 Å². The molecule has 3 aliphatic rings. The van der Waals surface area contributed by atoms with Gasteiger partial charge in [-0.3, -0.25) is 9.59 Å². The zero-order valence-electron chi connectivity index (χ0n) is 20.0. The van der Waals surface area contributed by atoms with Gasteiger partial charge < -0.3 is 20.1 Å². The average Bonchev–Trinajstić information content (AvgIpc) is 3.45. The van der Waals surface area contributed by atoms with Gasteiger partial charge in [-0.05, 0) is 54.9 Å². The second-order valence-corrected chi connectivity index (χ2v) is 10.3. The third kappa shape index (κ3) is 4.40. The molecule has 35 heavy (non-hydrogen) atoms. The first kappa shape index (κ1) is 23.4. The number of carbonyl (C=O) groups excluding carboxylic acids is 2. The van der Waals surface area contributed by atoms with Crippen molar-refractivity contribution >= 4 is 18.0 Å². The number of piperidine rings is 1. The van der Waals surface area contributed by atoms with Crippen LogP contribution < -0.4 is 5.32 Å². The number of carboxylic acids is 1. The van der Waals surface area contributed by atoms with Crippen LogP contribution in [0.1, 0.15) is 56.1 Å². The Balaban J connectivity index is 1.18. The Morgan fingerprint density at radius 1 is 1.00 bits per heavy atom. The van der Waals surface area contributed by atoms with E-state index in [0.717, 1.165) is 30.4 Å². The van der Waals surface area contributed by atoms with Crippen molar-refractivity contribution in [3.63, 3.8) is 0 Å². The van der Waals surface area contributed by atoms with Gasteiger partial charge in [-0.15, -0.1) is 0 Å². The second kappa shape index (κ2) is 9.36. The van der Waals surface area contributed by atoms with Gasteiger partial charge in [-0.2, -0.15) is 0 Å². The van der Waals surface area contributed by atoms with E-state index in [9.17, 15) is 19.5 Å². The number of ether oxygens (including phenoxy) is 1. The highest BCUT2D eigenvalue weighted by atomic mass is 16.5. The Morgan fingerprint density at radius 3 is 2.20 bits per heavy atom. The van der Waals surface area contributed by atoms with E-state index in [2.05, 4.69) is 29.6 Å². The zero-order chi connectivity index (χ0) is 24.6. The Morgan fingerprint density at radius 2 is 1.60 bits per heavy atom. The third-order valence-corrected chi connectivity index (χ3v) is 8.18. The van der Waals surface area contributed by atoms with Crippen LogP contribution in [0.3, 0.4) is 0 Å². The van der Waals surface area contributed by atoms with Crippen LogP contribution in [0.2, 0.25) is 0 Å². The molecule has 7 heteroatoms. The number of hydrogen-bond acceptors (Lipinski definition) is 4. The Kier molecular flexibility index (Phi) is 6.26. The number of alkyl carbamates (subject to hydrolysis) is 1. The first-order valence-corrected chi connectivity index (χ1v) is 12.5. The topological polar surface area (TPSA) is 95.9 Å². The van der Waals surface area contributed by atoms with Crippen LogP contribution in [0.25, 0.3) is 11.1 Å². The molecule has 1 aliphatic heterocycles. The molecule has 7 nitrogen and oxygen atoms in total. The van der Waals surface area contributed by atoms with Crippen LogP contribution in [-0.2, 0) is 14.3 Å². The lowest BCUT2D eigenvalue weighted by molar-refractivity contribution is -0.153. The molecular weight excluding hydrogens is 444 g/mol. The molecule has 1 saturated heterocycles. The van der Waals surface area contributed by atoms with Crippen molar-refractivity contribution in [2.75, 3.05) is 19.7 Å². The fourth-order valence-electron chi connectivity index (χ4n) is 5.89. The molecule has 2 aromatic rings. The summed E-state index contributed by atoms with van der Waals surface area (Å²) in [6.45, 7) is 2.87. The summed E-state index contributed by atoms with van der Waals surface area (Å²) in [5, 5.41) is 12.4. The number of amides is 2. The summed E-state index contributed by atoms with van der Waals surface area (Å²) in [5.74, 6) is -1.09. The standard InChI is InChI=1S/C28H32N2O5/c1-28(26(32)33)13-15-30(16-14-28)25(31)22-11-6-12-24(22)29-27(34)35-17-23-20-9-4-2-7-18(20)19-8-3-5-10-21(19)23/h2-5,7-10,22-24H,6,11-17H2,1H3,(H,29,34)(H,32,33)/t22-,24+/m0/s1. The smallest absolute Gasteiger partial charge is 0.407 e. The summed E-state index contributed by atoms with van der Waals surface area (Å²) in [6, 6.07) is 16.2. The number of aliphatic carboxylic acids is 1. The average molecular weight is 477 g/mol. The van der Waals surface area contributed by atoms with E-state index in [0.29, 0.717) is 25.9 Å². The molecule has 0 spiro atoms. The minimum Gasteiger partial charge on any atom is -0.481 e. The number of likely N-dealkylation sites (tertiary alicyclic amines) is 1. The fraction of sp³-hybridized carbons (Fsp3) is 0.464. The molecule has 1 heterocycles. The van der Waals surface area contributed by atoms with E-state index in [1.165, 1.54) is 11.1 Å². The quantitative estimate of drug-likeness (QED) is 0.667. The third-order valence-electron chi connectivity index (χ3n) is 8.18. The number of benzene rings is 2. The lowest BCUT2D eigenvalue weighted by atomic mass is 9.80. The lowest BCUT2D eigenvalue weighted by Gasteiger charge is -2.38. The van der Waals surface area contributed by atoms with E-state index in [1.807, 2.05) is 24.3 Å². The Bertz CT molecular complexity index is 1090. The summed E-state index contributed by atoms with van der Waals surface area (Å²) in [6.07, 6.45) is 2.73. The summed E-state index contributed by atoms with van der Waals surface area (Å²) >= 11 is 0. The minimum atomic E-state index is -0.805. The fourth-order valence-corrected chi connectivity index (χ4v) is 5.89. The predicted octanol–water partition coefficient (Wildman–Crippen LogP) is 4.41. The molecule has 2 aliphatic carbocycles. The van der Waals surface area contributed by atoms with Crippen molar-refractivity contribution in [2.45, 2.75) is 51.0 Å². The summed E-state index contributed by atoms with van der Waals surface area (Å²) in [4.78, 5) is 39.2. The monoisotopic (exact) mass is 476 g/mol.